The Labute approximate surface area is 134 Å². The predicted octanol–water partition coefficient (Wildman–Crippen LogP) is 4.53. The number of halogens is 2. The maximum atomic E-state index is 11.9. The van der Waals surface area contributed by atoms with E-state index in [1.54, 1.807) is 6.07 Å². The lowest BCUT2D eigenvalue weighted by molar-refractivity contribution is -0.385. The van der Waals surface area contributed by atoms with Gasteiger partial charge in [-0.3, -0.25) is 14.9 Å². The Morgan fingerprint density at radius 2 is 2.00 bits per heavy atom. The van der Waals surface area contributed by atoms with E-state index in [4.69, 9.17) is 27.9 Å². The van der Waals surface area contributed by atoms with Crippen LogP contribution in [0.1, 0.15) is 14.5 Å². The first kappa shape index (κ1) is 15.8. The highest BCUT2D eigenvalue weighted by Gasteiger charge is 2.20. The summed E-state index contributed by atoms with van der Waals surface area (Å²) in [6.45, 7) is 1.57. The third-order valence-electron chi connectivity index (χ3n) is 2.57. The first-order valence-electron chi connectivity index (χ1n) is 5.74. The number of hydrogen-bond acceptors (Lipinski definition) is 5. The van der Waals surface area contributed by atoms with Crippen molar-refractivity contribution >= 4 is 46.0 Å². The van der Waals surface area contributed by atoms with Gasteiger partial charge in [-0.15, -0.1) is 11.3 Å². The van der Waals surface area contributed by atoms with E-state index in [1.807, 2.05) is 13.0 Å². The molecule has 8 heteroatoms. The Kier molecular flexibility index (Phi) is 4.82. The molecular weight excluding hydrogens is 337 g/mol. The van der Waals surface area contributed by atoms with Crippen LogP contribution in [-0.2, 0) is 0 Å². The number of hydrogen-bond donors (Lipinski definition) is 0. The molecule has 0 aliphatic heterocycles. The molecule has 0 saturated carbocycles. The molecule has 5 nitrogen and oxygen atoms in total. The topological polar surface area (TPSA) is 69.4 Å². The zero-order valence-electron chi connectivity index (χ0n) is 10.8. The number of Topliss-reactive ketones (excluding diaryl/α,β-unsaturated/α-hetero) is 1. The van der Waals surface area contributed by atoms with Gasteiger partial charge in [0.25, 0.3) is 0 Å². The van der Waals surface area contributed by atoms with Gasteiger partial charge in [0, 0.05) is 17.0 Å². The number of ether oxygens (including phenoxy) is 1. The maximum absolute atomic E-state index is 11.9. The van der Waals surface area contributed by atoms with Crippen molar-refractivity contribution in [3.05, 3.63) is 54.2 Å². The van der Waals surface area contributed by atoms with Gasteiger partial charge >= 0.3 is 5.69 Å². The second-order valence-corrected chi connectivity index (χ2v) is 6.22. The van der Waals surface area contributed by atoms with Crippen molar-refractivity contribution in [1.82, 2.24) is 0 Å². The Bertz CT molecular complexity index is 714. The summed E-state index contributed by atoms with van der Waals surface area (Å²) in [6.07, 6.45) is 0. The number of thiophene rings is 1. The fraction of sp³-hybridized carbons (Fsp3) is 0.154. The fourth-order valence-electron chi connectivity index (χ4n) is 1.58. The van der Waals surface area contributed by atoms with Gasteiger partial charge in [-0.05, 0) is 19.1 Å². The average molecular weight is 346 g/mol. The van der Waals surface area contributed by atoms with E-state index in [0.29, 0.717) is 4.88 Å². The standard InChI is InChI=1S/C13H9Cl2NO4S/c1-7-2-3-13(21-7)11(17)6-20-12-5-9(15)8(14)4-10(12)16(18)19/h2-5H,6H2,1H3. The lowest BCUT2D eigenvalue weighted by Crippen LogP contribution is -2.11. The molecule has 1 aromatic carbocycles. The minimum absolute atomic E-state index is 0.0518. The highest BCUT2D eigenvalue weighted by atomic mass is 35.5. The van der Waals surface area contributed by atoms with Crippen LogP contribution in [0.4, 0.5) is 5.69 Å². The van der Waals surface area contributed by atoms with Crippen molar-refractivity contribution in [2.45, 2.75) is 6.92 Å². The number of carbonyl (C=O) groups excluding carboxylic acids is 1. The SMILES string of the molecule is Cc1ccc(C(=O)COc2cc(Cl)c(Cl)cc2[N+](=O)[O-])s1. The predicted molar refractivity (Wildman–Crippen MR) is 82.0 cm³/mol. The second-order valence-electron chi connectivity index (χ2n) is 4.11. The van der Waals surface area contributed by atoms with Crippen molar-refractivity contribution in [3.8, 4) is 5.75 Å². The molecule has 1 aromatic heterocycles. The molecule has 0 amide bonds. The minimum Gasteiger partial charge on any atom is -0.478 e. The van der Waals surface area contributed by atoms with Crippen LogP contribution in [-0.4, -0.2) is 17.3 Å². The summed E-state index contributed by atoms with van der Waals surface area (Å²) in [6, 6.07) is 5.84. The monoisotopic (exact) mass is 345 g/mol. The molecule has 2 aromatic rings. The van der Waals surface area contributed by atoms with Gasteiger partial charge < -0.3 is 4.74 Å². The Balaban J connectivity index is 2.18. The summed E-state index contributed by atoms with van der Waals surface area (Å²) in [4.78, 5) is 23.8. The lowest BCUT2D eigenvalue weighted by atomic mass is 10.3. The van der Waals surface area contributed by atoms with Gasteiger partial charge in [0.1, 0.15) is 0 Å². The molecule has 0 spiro atoms. The number of nitrogens with zero attached hydrogens (tertiary/aromatic N) is 1. The Hall–Kier alpha value is -1.63. The van der Waals surface area contributed by atoms with Crippen LogP contribution in [0.3, 0.4) is 0 Å². The number of rotatable bonds is 5. The highest BCUT2D eigenvalue weighted by molar-refractivity contribution is 7.14. The van der Waals surface area contributed by atoms with Crippen LogP contribution < -0.4 is 4.74 Å². The van der Waals surface area contributed by atoms with Crippen molar-refractivity contribution in [2.75, 3.05) is 6.61 Å². The molecule has 0 N–H and O–H groups in total. The Morgan fingerprint density at radius 3 is 2.57 bits per heavy atom. The van der Waals surface area contributed by atoms with Gasteiger partial charge in [-0.2, -0.15) is 0 Å². The second kappa shape index (κ2) is 6.43. The summed E-state index contributed by atoms with van der Waals surface area (Å²) in [7, 11) is 0. The van der Waals surface area contributed by atoms with E-state index >= 15 is 0 Å². The molecule has 1 heterocycles. The number of nitro benzene ring substituents is 1. The molecule has 0 unspecified atom stereocenters. The van der Waals surface area contributed by atoms with Gasteiger partial charge in [0.05, 0.1) is 19.8 Å². The van der Waals surface area contributed by atoms with Crippen molar-refractivity contribution in [2.24, 2.45) is 0 Å². The Morgan fingerprint density at radius 1 is 1.33 bits per heavy atom. The van der Waals surface area contributed by atoms with Crippen molar-refractivity contribution < 1.29 is 14.5 Å². The first-order chi connectivity index (χ1) is 9.88. The molecule has 0 saturated heterocycles. The quantitative estimate of drug-likeness (QED) is 0.453. The van der Waals surface area contributed by atoms with E-state index in [-0.39, 0.29) is 33.9 Å². The van der Waals surface area contributed by atoms with E-state index in [9.17, 15) is 14.9 Å². The van der Waals surface area contributed by atoms with Gasteiger partial charge in [-0.1, -0.05) is 23.2 Å². The van der Waals surface area contributed by atoms with Crippen LogP contribution in [0.15, 0.2) is 24.3 Å². The molecule has 0 fully saturated rings. The highest BCUT2D eigenvalue weighted by Crippen LogP contribution is 2.35. The molecule has 0 aliphatic rings. The van der Waals surface area contributed by atoms with Crippen LogP contribution in [0.2, 0.25) is 10.0 Å². The summed E-state index contributed by atoms with van der Waals surface area (Å²) in [5, 5.41) is 11.1. The molecule has 0 atom stereocenters. The molecule has 21 heavy (non-hydrogen) atoms. The van der Waals surface area contributed by atoms with Gasteiger partial charge in [0.15, 0.2) is 12.4 Å². The summed E-state index contributed by atoms with van der Waals surface area (Å²) < 4.78 is 5.23. The first-order valence-corrected chi connectivity index (χ1v) is 7.31. The summed E-state index contributed by atoms with van der Waals surface area (Å²) >= 11 is 12.9. The molecular formula is C13H9Cl2NO4S. The number of carbonyl (C=O) groups is 1. The van der Waals surface area contributed by atoms with Crippen LogP contribution in [0.5, 0.6) is 5.75 Å². The third kappa shape index (κ3) is 3.72. The third-order valence-corrected chi connectivity index (χ3v) is 4.34. The molecule has 0 aliphatic carbocycles. The van der Waals surface area contributed by atoms with Crippen LogP contribution in [0.25, 0.3) is 0 Å². The van der Waals surface area contributed by atoms with Crippen molar-refractivity contribution in [1.29, 1.82) is 0 Å². The zero-order chi connectivity index (χ0) is 15.6. The van der Waals surface area contributed by atoms with Crippen LogP contribution in [0, 0.1) is 17.0 Å². The normalized spacial score (nSPS) is 10.4. The van der Waals surface area contributed by atoms with E-state index < -0.39 is 4.92 Å². The molecule has 0 bridgehead atoms. The molecule has 0 radical (unpaired) electrons. The van der Waals surface area contributed by atoms with Crippen molar-refractivity contribution in [3.63, 3.8) is 0 Å². The van der Waals surface area contributed by atoms with Gasteiger partial charge in [0.2, 0.25) is 5.78 Å². The minimum atomic E-state index is -0.642. The molecule has 110 valence electrons. The van der Waals surface area contributed by atoms with E-state index in [2.05, 4.69) is 0 Å². The van der Waals surface area contributed by atoms with E-state index in [1.165, 1.54) is 17.4 Å². The van der Waals surface area contributed by atoms with E-state index in [0.717, 1.165) is 10.9 Å². The maximum Gasteiger partial charge on any atom is 0.312 e. The van der Waals surface area contributed by atoms with Gasteiger partial charge in [-0.25, -0.2) is 0 Å². The lowest BCUT2D eigenvalue weighted by Gasteiger charge is -2.07. The number of ketones is 1. The number of nitro groups is 1. The zero-order valence-corrected chi connectivity index (χ0v) is 13.1. The fourth-order valence-corrected chi connectivity index (χ4v) is 2.68. The molecule has 2 rings (SSSR count). The average Bonchev–Trinajstić information content (AvgIpc) is 2.85. The number of aryl methyl sites for hydroxylation is 1. The number of benzene rings is 1. The largest absolute Gasteiger partial charge is 0.478 e. The summed E-state index contributed by atoms with van der Waals surface area (Å²) in [5.74, 6) is -0.343. The summed E-state index contributed by atoms with van der Waals surface area (Å²) in [5.41, 5.74) is -0.334. The van der Waals surface area contributed by atoms with Crippen LogP contribution >= 0.6 is 34.5 Å². The smallest absolute Gasteiger partial charge is 0.312 e.